The maximum Gasteiger partial charge on any atom is 0.210 e. The van der Waals surface area contributed by atoms with Crippen molar-refractivity contribution in [2.24, 2.45) is 11.8 Å². The normalized spacial score (nSPS) is 33.9. The van der Waals surface area contributed by atoms with Crippen LogP contribution in [0, 0.1) is 23.2 Å². The zero-order valence-corrected chi connectivity index (χ0v) is 16.2. The fourth-order valence-corrected chi connectivity index (χ4v) is 6.06. The molecule has 0 aromatic heterocycles. The highest BCUT2D eigenvalue weighted by Gasteiger charge is 2.63. The minimum atomic E-state index is -0.294. The van der Waals surface area contributed by atoms with E-state index in [2.05, 4.69) is 17.0 Å². The van der Waals surface area contributed by atoms with Crippen LogP contribution in [0.2, 0.25) is 0 Å². The number of benzene rings is 1. The first kappa shape index (κ1) is 17.3. The number of ether oxygens (including phenoxy) is 3. The Hall–Kier alpha value is -1.77. The monoisotopic (exact) mass is 368 g/mol. The third-order valence-corrected chi connectivity index (χ3v) is 7.35. The number of nitriles is 1. The largest absolute Gasteiger partial charge is 0.493 e. The second-order valence-corrected chi connectivity index (χ2v) is 8.62. The number of rotatable bonds is 6. The van der Waals surface area contributed by atoms with Gasteiger partial charge in [0, 0.05) is 31.7 Å². The molecule has 4 aliphatic rings. The van der Waals surface area contributed by atoms with Gasteiger partial charge in [-0.25, -0.2) is 0 Å². The third-order valence-electron chi connectivity index (χ3n) is 7.35. The van der Waals surface area contributed by atoms with Crippen LogP contribution in [-0.4, -0.2) is 44.5 Å². The summed E-state index contributed by atoms with van der Waals surface area (Å²) < 4.78 is 17.9. The highest BCUT2D eigenvalue weighted by Crippen LogP contribution is 2.61. The molecule has 1 aromatic rings. The van der Waals surface area contributed by atoms with Gasteiger partial charge in [-0.05, 0) is 62.1 Å². The second-order valence-electron chi connectivity index (χ2n) is 8.62. The van der Waals surface area contributed by atoms with E-state index in [0.29, 0.717) is 18.4 Å². The summed E-state index contributed by atoms with van der Waals surface area (Å²) in [7, 11) is 3.45. The zero-order chi connectivity index (χ0) is 18.6. The molecule has 1 unspecified atom stereocenters. The summed E-state index contributed by atoms with van der Waals surface area (Å²) in [6, 6.07) is 7.12. The average molecular weight is 368 g/mol. The highest BCUT2D eigenvalue weighted by molar-refractivity contribution is 5.60. The Balaban J connectivity index is 1.63. The summed E-state index contributed by atoms with van der Waals surface area (Å²) >= 11 is 0. The molecule has 2 fully saturated rings. The Kier molecular flexibility index (Phi) is 4.10. The van der Waals surface area contributed by atoms with Crippen LogP contribution in [0.15, 0.2) is 12.1 Å². The Labute approximate surface area is 161 Å². The van der Waals surface area contributed by atoms with Gasteiger partial charge in [-0.1, -0.05) is 6.07 Å². The van der Waals surface area contributed by atoms with Gasteiger partial charge in [0.2, 0.25) is 6.29 Å². The SMILES string of the molecule is COc1ccc2c3c1OC(OC)[C@]31CCN(CC3CC3)[C@H](C2)[C@@H]1CCC#N. The van der Waals surface area contributed by atoms with Crippen molar-refractivity contribution in [1.82, 2.24) is 4.90 Å². The molecule has 2 aliphatic carbocycles. The Morgan fingerprint density at radius 2 is 2.19 bits per heavy atom. The van der Waals surface area contributed by atoms with Crippen molar-refractivity contribution in [3.05, 3.63) is 23.3 Å². The van der Waals surface area contributed by atoms with Crippen molar-refractivity contribution >= 4 is 0 Å². The van der Waals surface area contributed by atoms with Gasteiger partial charge >= 0.3 is 0 Å². The van der Waals surface area contributed by atoms with Crippen LogP contribution in [0.4, 0.5) is 0 Å². The van der Waals surface area contributed by atoms with Crippen LogP contribution in [0.25, 0.3) is 0 Å². The lowest BCUT2D eigenvalue weighted by molar-refractivity contribution is -0.139. The van der Waals surface area contributed by atoms with E-state index in [9.17, 15) is 5.26 Å². The molecular formula is C22H28N2O3. The summed E-state index contributed by atoms with van der Waals surface area (Å²) in [5, 5.41) is 9.31. The van der Waals surface area contributed by atoms with Gasteiger partial charge in [-0.2, -0.15) is 5.26 Å². The van der Waals surface area contributed by atoms with Crippen molar-refractivity contribution in [1.29, 1.82) is 5.26 Å². The fourth-order valence-electron chi connectivity index (χ4n) is 6.06. The molecule has 27 heavy (non-hydrogen) atoms. The maximum atomic E-state index is 9.31. The first-order valence-electron chi connectivity index (χ1n) is 10.2. The van der Waals surface area contributed by atoms with Gasteiger partial charge in [-0.3, -0.25) is 4.90 Å². The van der Waals surface area contributed by atoms with Gasteiger partial charge < -0.3 is 14.2 Å². The number of nitrogens with zero attached hydrogens (tertiary/aromatic N) is 2. The predicted molar refractivity (Wildman–Crippen MR) is 101 cm³/mol. The van der Waals surface area contributed by atoms with Gasteiger partial charge in [0.1, 0.15) is 0 Å². The number of likely N-dealkylation sites (tertiary alicyclic amines) is 1. The van der Waals surface area contributed by atoms with E-state index in [-0.39, 0.29) is 11.7 Å². The van der Waals surface area contributed by atoms with Crippen LogP contribution in [0.1, 0.15) is 43.2 Å². The molecule has 5 rings (SSSR count). The molecule has 5 nitrogen and oxygen atoms in total. The quantitative estimate of drug-likeness (QED) is 0.771. The molecule has 0 radical (unpaired) electrons. The van der Waals surface area contributed by atoms with Crippen molar-refractivity contribution in [2.75, 3.05) is 27.3 Å². The van der Waals surface area contributed by atoms with E-state index < -0.39 is 0 Å². The number of piperidine rings is 1. The van der Waals surface area contributed by atoms with Gasteiger partial charge in [0.15, 0.2) is 11.5 Å². The molecule has 0 amide bonds. The predicted octanol–water partition coefficient (Wildman–Crippen LogP) is 3.26. The standard InChI is InChI=1S/C22H28N2O3/c1-25-18-8-7-15-12-17-16(4-3-10-23)22(9-11-24(17)13-14-5-6-14)19(15)20(18)27-21(22)26-2/h7-8,14,16-17,21H,3-6,9,11-13H2,1-2H3/t16-,17+,21?,22-/m0/s1. The Morgan fingerprint density at radius 1 is 1.33 bits per heavy atom. The maximum absolute atomic E-state index is 9.31. The van der Waals surface area contributed by atoms with Crippen LogP contribution in [-0.2, 0) is 16.6 Å². The Morgan fingerprint density at radius 3 is 2.89 bits per heavy atom. The van der Waals surface area contributed by atoms with Gasteiger partial charge in [-0.15, -0.1) is 0 Å². The molecule has 1 saturated heterocycles. The van der Waals surface area contributed by atoms with Crippen molar-refractivity contribution in [3.63, 3.8) is 0 Å². The van der Waals surface area contributed by atoms with Crippen LogP contribution in [0.5, 0.6) is 11.5 Å². The minimum absolute atomic E-state index is 0.159. The first-order chi connectivity index (χ1) is 13.2. The van der Waals surface area contributed by atoms with Gasteiger partial charge in [0.05, 0.1) is 18.6 Å². The molecule has 1 aromatic carbocycles. The zero-order valence-electron chi connectivity index (χ0n) is 16.2. The summed E-state index contributed by atoms with van der Waals surface area (Å²) in [4.78, 5) is 2.71. The molecule has 4 atom stereocenters. The van der Waals surface area contributed by atoms with E-state index in [4.69, 9.17) is 14.2 Å². The lowest BCUT2D eigenvalue weighted by atomic mass is 9.56. The summed E-state index contributed by atoms with van der Waals surface area (Å²) in [5.41, 5.74) is 2.52. The van der Waals surface area contributed by atoms with Gasteiger partial charge in [0.25, 0.3) is 0 Å². The minimum Gasteiger partial charge on any atom is -0.493 e. The lowest BCUT2D eigenvalue weighted by Crippen LogP contribution is -2.63. The topological polar surface area (TPSA) is 54.7 Å². The molecular weight excluding hydrogens is 340 g/mol. The molecule has 144 valence electrons. The average Bonchev–Trinajstić information content (AvgIpc) is 3.44. The molecule has 2 heterocycles. The van der Waals surface area contributed by atoms with Crippen LogP contribution in [0.3, 0.4) is 0 Å². The lowest BCUT2D eigenvalue weighted by Gasteiger charge is -2.55. The summed E-state index contributed by atoms with van der Waals surface area (Å²) in [6.07, 6.45) is 6.01. The van der Waals surface area contributed by atoms with Crippen molar-refractivity contribution in [3.8, 4) is 17.6 Å². The number of hydrogen-bond acceptors (Lipinski definition) is 5. The van der Waals surface area contributed by atoms with E-state index in [1.165, 1.54) is 30.5 Å². The number of methoxy groups -OCH3 is 2. The first-order valence-corrected chi connectivity index (χ1v) is 10.2. The number of hydrogen-bond donors (Lipinski definition) is 0. The summed E-state index contributed by atoms with van der Waals surface area (Å²) in [6.45, 7) is 2.30. The smallest absolute Gasteiger partial charge is 0.210 e. The molecule has 2 bridgehead atoms. The molecule has 1 spiro atoms. The van der Waals surface area contributed by atoms with E-state index in [1.54, 1.807) is 14.2 Å². The van der Waals surface area contributed by atoms with Crippen molar-refractivity contribution < 1.29 is 14.2 Å². The van der Waals surface area contributed by atoms with E-state index in [0.717, 1.165) is 43.2 Å². The van der Waals surface area contributed by atoms with Crippen LogP contribution < -0.4 is 9.47 Å². The molecule has 1 saturated carbocycles. The van der Waals surface area contributed by atoms with Crippen molar-refractivity contribution in [2.45, 2.75) is 56.3 Å². The second kappa shape index (κ2) is 6.39. The fraction of sp³-hybridized carbons (Fsp3) is 0.682. The molecule has 0 N–H and O–H groups in total. The highest BCUT2D eigenvalue weighted by atomic mass is 16.7. The number of fused-ring (bicyclic) bond motifs is 1. The Bertz CT molecular complexity index is 784. The van der Waals surface area contributed by atoms with E-state index >= 15 is 0 Å². The van der Waals surface area contributed by atoms with Crippen LogP contribution >= 0.6 is 0 Å². The molecule has 5 heteroatoms. The third kappa shape index (κ3) is 2.43. The summed E-state index contributed by atoms with van der Waals surface area (Å²) in [5.74, 6) is 2.93. The molecule has 2 aliphatic heterocycles. The van der Waals surface area contributed by atoms with E-state index in [1.807, 2.05) is 6.07 Å².